The van der Waals surface area contributed by atoms with Crippen LogP contribution in [0.25, 0.3) is 0 Å². The van der Waals surface area contributed by atoms with Crippen molar-refractivity contribution in [2.24, 2.45) is 5.92 Å². The fourth-order valence-corrected chi connectivity index (χ4v) is 3.88. The van der Waals surface area contributed by atoms with Crippen molar-refractivity contribution in [1.29, 1.82) is 0 Å². The van der Waals surface area contributed by atoms with E-state index in [0.29, 0.717) is 25.3 Å². The van der Waals surface area contributed by atoms with Crippen LogP contribution in [0.4, 0.5) is 0 Å². The van der Waals surface area contributed by atoms with E-state index in [-0.39, 0.29) is 17.7 Å². The molecule has 1 fully saturated rings. The van der Waals surface area contributed by atoms with E-state index in [1.807, 2.05) is 17.0 Å². The van der Waals surface area contributed by atoms with Crippen molar-refractivity contribution in [2.75, 3.05) is 19.6 Å². The Morgan fingerprint density at radius 1 is 1.04 bits per heavy atom. The highest BCUT2D eigenvalue weighted by molar-refractivity contribution is 5.92. The predicted octanol–water partition coefficient (Wildman–Crippen LogP) is 1.91. The molecule has 0 saturated carbocycles. The molecule has 0 aliphatic carbocycles. The van der Waals surface area contributed by atoms with E-state index >= 15 is 0 Å². The monoisotopic (exact) mass is 350 g/mol. The summed E-state index contributed by atoms with van der Waals surface area (Å²) >= 11 is 0. The second-order valence-corrected chi connectivity index (χ2v) is 6.96. The Hall–Kier alpha value is -2.76. The van der Waals surface area contributed by atoms with Crippen LogP contribution in [-0.2, 0) is 17.8 Å². The summed E-state index contributed by atoms with van der Waals surface area (Å²) in [6.45, 7) is 2.56. The van der Waals surface area contributed by atoms with Crippen LogP contribution in [0.1, 0.15) is 34.5 Å². The third-order valence-corrected chi connectivity index (χ3v) is 5.28. The highest BCUT2D eigenvalue weighted by Gasteiger charge is 2.33. The summed E-state index contributed by atoms with van der Waals surface area (Å²) in [7, 11) is 0. The Morgan fingerprint density at radius 3 is 2.69 bits per heavy atom. The minimum atomic E-state index is -0.139. The van der Waals surface area contributed by atoms with E-state index < -0.39 is 0 Å². The third kappa shape index (κ3) is 3.31. The molecule has 1 aromatic heterocycles. The molecule has 1 atom stereocenters. The Kier molecular flexibility index (Phi) is 4.65. The van der Waals surface area contributed by atoms with Crippen LogP contribution in [0.5, 0.6) is 0 Å². The summed E-state index contributed by atoms with van der Waals surface area (Å²) < 4.78 is 0. The normalized spacial score (nSPS) is 19.8. The van der Waals surface area contributed by atoms with Gasteiger partial charge in [0, 0.05) is 38.6 Å². The van der Waals surface area contributed by atoms with E-state index in [2.05, 4.69) is 22.1 Å². The number of likely N-dealkylation sites (tertiary alicyclic amines) is 1. The van der Waals surface area contributed by atoms with Gasteiger partial charge in [0.05, 0.1) is 12.1 Å². The number of aromatic nitrogens is 2. The van der Waals surface area contributed by atoms with Gasteiger partial charge in [0.1, 0.15) is 5.69 Å². The van der Waals surface area contributed by atoms with Crippen LogP contribution in [0.2, 0.25) is 0 Å². The summed E-state index contributed by atoms with van der Waals surface area (Å²) in [6, 6.07) is 8.31. The van der Waals surface area contributed by atoms with E-state index in [1.54, 1.807) is 11.1 Å². The standard InChI is InChI=1S/C20H22N4O2/c25-19(24-11-7-15-4-1-2-5-16(15)13-24)17-6-3-10-23(14-17)20(26)18-12-21-8-9-22-18/h1-2,4-5,8-9,12,17H,3,6-7,10-11,13-14H2. The first kappa shape index (κ1) is 16.7. The lowest BCUT2D eigenvalue weighted by molar-refractivity contribution is -0.137. The Labute approximate surface area is 152 Å². The largest absolute Gasteiger partial charge is 0.338 e. The fraction of sp³-hybridized carbons (Fsp3) is 0.400. The molecule has 2 aliphatic rings. The molecule has 0 N–H and O–H groups in total. The SMILES string of the molecule is O=C(c1cnccn1)N1CCCC(C(=O)N2CCc3ccccc3C2)C1. The number of rotatable bonds is 2. The van der Waals surface area contributed by atoms with Gasteiger partial charge in [-0.25, -0.2) is 4.98 Å². The number of amides is 2. The van der Waals surface area contributed by atoms with Gasteiger partial charge in [0.15, 0.2) is 0 Å². The first-order valence-electron chi connectivity index (χ1n) is 9.13. The minimum absolute atomic E-state index is 0.130. The van der Waals surface area contributed by atoms with Gasteiger partial charge in [-0.3, -0.25) is 14.6 Å². The maximum absolute atomic E-state index is 13.0. The zero-order valence-electron chi connectivity index (χ0n) is 14.7. The second kappa shape index (κ2) is 7.23. The number of hydrogen-bond acceptors (Lipinski definition) is 4. The summed E-state index contributed by atoms with van der Waals surface area (Å²) in [5.74, 6) is -0.106. The lowest BCUT2D eigenvalue weighted by Gasteiger charge is -2.36. The van der Waals surface area contributed by atoms with Gasteiger partial charge in [-0.15, -0.1) is 0 Å². The minimum Gasteiger partial charge on any atom is -0.338 e. The lowest BCUT2D eigenvalue weighted by Crippen LogP contribution is -2.48. The molecule has 0 bridgehead atoms. The highest BCUT2D eigenvalue weighted by atomic mass is 16.2. The van der Waals surface area contributed by atoms with Crippen molar-refractivity contribution in [3.05, 3.63) is 59.7 Å². The summed E-state index contributed by atoms with van der Waals surface area (Å²) in [5.41, 5.74) is 2.91. The smallest absolute Gasteiger partial charge is 0.274 e. The van der Waals surface area contributed by atoms with Gasteiger partial charge in [-0.05, 0) is 30.4 Å². The first-order chi connectivity index (χ1) is 12.7. The molecule has 6 heteroatoms. The molecular formula is C20H22N4O2. The van der Waals surface area contributed by atoms with Gasteiger partial charge in [0.25, 0.3) is 5.91 Å². The Bertz CT molecular complexity index is 808. The molecule has 26 heavy (non-hydrogen) atoms. The van der Waals surface area contributed by atoms with Gasteiger partial charge in [0.2, 0.25) is 5.91 Å². The molecule has 2 amide bonds. The highest BCUT2D eigenvalue weighted by Crippen LogP contribution is 2.24. The molecule has 2 aromatic rings. The average Bonchev–Trinajstić information content (AvgIpc) is 2.73. The van der Waals surface area contributed by atoms with Crippen molar-refractivity contribution < 1.29 is 9.59 Å². The summed E-state index contributed by atoms with van der Waals surface area (Å²) in [5, 5.41) is 0. The first-order valence-corrected chi connectivity index (χ1v) is 9.13. The van der Waals surface area contributed by atoms with Gasteiger partial charge in [-0.1, -0.05) is 24.3 Å². The number of nitrogens with zero attached hydrogens (tertiary/aromatic N) is 4. The molecule has 1 aromatic carbocycles. The zero-order chi connectivity index (χ0) is 17.9. The van der Waals surface area contributed by atoms with Crippen LogP contribution in [0.3, 0.4) is 0 Å². The van der Waals surface area contributed by atoms with Crippen LogP contribution >= 0.6 is 0 Å². The average molecular weight is 350 g/mol. The number of carbonyl (C=O) groups excluding carboxylic acids is 2. The number of carbonyl (C=O) groups is 2. The molecule has 1 saturated heterocycles. The molecule has 1 unspecified atom stereocenters. The van der Waals surface area contributed by atoms with E-state index in [4.69, 9.17) is 0 Å². The molecule has 2 aliphatic heterocycles. The van der Waals surface area contributed by atoms with Crippen LogP contribution < -0.4 is 0 Å². The van der Waals surface area contributed by atoms with Gasteiger partial charge >= 0.3 is 0 Å². The second-order valence-electron chi connectivity index (χ2n) is 6.96. The molecule has 3 heterocycles. The third-order valence-electron chi connectivity index (χ3n) is 5.28. The van der Waals surface area contributed by atoms with Crippen LogP contribution in [0.15, 0.2) is 42.9 Å². The maximum Gasteiger partial charge on any atom is 0.274 e. The van der Waals surface area contributed by atoms with E-state index in [0.717, 1.165) is 25.8 Å². The van der Waals surface area contributed by atoms with E-state index in [1.165, 1.54) is 23.5 Å². The number of hydrogen-bond donors (Lipinski definition) is 0. The number of piperidine rings is 1. The van der Waals surface area contributed by atoms with Crippen molar-refractivity contribution in [2.45, 2.75) is 25.8 Å². The molecular weight excluding hydrogens is 328 g/mol. The number of benzene rings is 1. The summed E-state index contributed by atoms with van der Waals surface area (Å²) in [4.78, 5) is 37.4. The van der Waals surface area contributed by atoms with Gasteiger partial charge < -0.3 is 9.80 Å². The Balaban J connectivity index is 1.43. The van der Waals surface area contributed by atoms with Crippen molar-refractivity contribution in [3.8, 4) is 0 Å². The van der Waals surface area contributed by atoms with E-state index in [9.17, 15) is 9.59 Å². The number of fused-ring (bicyclic) bond motifs is 1. The summed E-state index contributed by atoms with van der Waals surface area (Å²) in [6.07, 6.45) is 7.12. The van der Waals surface area contributed by atoms with Crippen molar-refractivity contribution in [1.82, 2.24) is 19.8 Å². The maximum atomic E-state index is 13.0. The van der Waals surface area contributed by atoms with Crippen molar-refractivity contribution >= 4 is 11.8 Å². The molecule has 134 valence electrons. The zero-order valence-corrected chi connectivity index (χ0v) is 14.7. The molecule has 0 radical (unpaired) electrons. The quantitative estimate of drug-likeness (QED) is 0.830. The van der Waals surface area contributed by atoms with Crippen LogP contribution in [0, 0.1) is 5.92 Å². The van der Waals surface area contributed by atoms with Crippen LogP contribution in [-0.4, -0.2) is 51.2 Å². The van der Waals surface area contributed by atoms with Crippen molar-refractivity contribution in [3.63, 3.8) is 0 Å². The fourth-order valence-electron chi connectivity index (χ4n) is 3.88. The molecule has 6 nitrogen and oxygen atoms in total. The predicted molar refractivity (Wildman–Crippen MR) is 96.2 cm³/mol. The van der Waals surface area contributed by atoms with Gasteiger partial charge in [-0.2, -0.15) is 0 Å². The molecule has 0 spiro atoms. The topological polar surface area (TPSA) is 66.4 Å². The lowest BCUT2D eigenvalue weighted by atomic mass is 9.93. The Morgan fingerprint density at radius 2 is 1.88 bits per heavy atom. The molecule has 4 rings (SSSR count).